The molecular weight excluding hydrogens is 366 g/mol. The third kappa shape index (κ3) is 6.46. The van der Waals surface area contributed by atoms with Crippen LogP contribution in [-0.2, 0) is 4.79 Å². The molecule has 0 fully saturated rings. The van der Waals surface area contributed by atoms with E-state index in [0.717, 1.165) is 12.8 Å². The SMILES string of the molecule is COc1ccc(-c2nnc(SCC(=O)NC(C)CCC(C)C)o2)c(OC)c1. The van der Waals surface area contributed by atoms with Crippen molar-refractivity contribution < 1.29 is 18.7 Å². The van der Waals surface area contributed by atoms with Crippen molar-refractivity contribution in [1.29, 1.82) is 0 Å². The molecule has 1 atom stereocenters. The number of hydrogen-bond acceptors (Lipinski definition) is 7. The average molecular weight is 394 g/mol. The number of methoxy groups -OCH3 is 2. The molecule has 8 heteroatoms. The van der Waals surface area contributed by atoms with Crippen molar-refractivity contribution >= 4 is 17.7 Å². The minimum atomic E-state index is -0.0435. The highest BCUT2D eigenvalue weighted by atomic mass is 32.2. The molecule has 0 saturated carbocycles. The van der Waals surface area contributed by atoms with Crippen LogP contribution in [0.2, 0.25) is 0 Å². The first-order chi connectivity index (χ1) is 12.9. The molecule has 27 heavy (non-hydrogen) atoms. The Hall–Kier alpha value is -2.22. The van der Waals surface area contributed by atoms with Crippen molar-refractivity contribution in [3.8, 4) is 23.0 Å². The van der Waals surface area contributed by atoms with E-state index in [1.54, 1.807) is 32.4 Å². The number of hydrogen-bond donors (Lipinski definition) is 1. The minimum absolute atomic E-state index is 0.0435. The number of benzene rings is 1. The topological polar surface area (TPSA) is 86.5 Å². The van der Waals surface area contributed by atoms with Crippen molar-refractivity contribution in [2.45, 2.75) is 44.9 Å². The van der Waals surface area contributed by atoms with Gasteiger partial charge in [0.15, 0.2) is 0 Å². The Morgan fingerprint density at radius 1 is 1.19 bits per heavy atom. The second-order valence-electron chi connectivity index (χ2n) is 6.67. The van der Waals surface area contributed by atoms with Crippen molar-refractivity contribution in [3.63, 3.8) is 0 Å². The number of thioether (sulfide) groups is 1. The Morgan fingerprint density at radius 2 is 1.96 bits per heavy atom. The van der Waals surface area contributed by atoms with Crippen LogP contribution in [0.15, 0.2) is 27.8 Å². The van der Waals surface area contributed by atoms with Crippen LogP contribution in [0.3, 0.4) is 0 Å². The van der Waals surface area contributed by atoms with E-state index in [1.165, 1.54) is 11.8 Å². The Morgan fingerprint density at radius 3 is 2.63 bits per heavy atom. The zero-order valence-corrected chi connectivity index (χ0v) is 17.3. The molecule has 1 unspecified atom stereocenters. The van der Waals surface area contributed by atoms with Crippen molar-refractivity contribution in [3.05, 3.63) is 18.2 Å². The van der Waals surface area contributed by atoms with Crippen LogP contribution < -0.4 is 14.8 Å². The normalized spacial score (nSPS) is 12.1. The molecule has 0 aliphatic heterocycles. The van der Waals surface area contributed by atoms with Crippen LogP contribution in [0.25, 0.3) is 11.5 Å². The summed E-state index contributed by atoms with van der Waals surface area (Å²) in [6.07, 6.45) is 2.06. The van der Waals surface area contributed by atoms with E-state index in [4.69, 9.17) is 13.9 Å². The lowest BCUT2D eigenvalue weighted by atomic mass is 10.0. The summed E-state index contributed by atoms with van der Waals surface area (Å²) in [6, 6.07) is 5.49. The Labute approximate surface area is 164 Å². The lowest BCUT2D eigenvalue weighted by Crippen LogP contribution is -2.34. The fraction of sp³-hybridized carbons (Fsp3) is 0.526. The maximum atomic E-state index is 12.1. The highest BCUT2D eigenvalue weighted by Gasteiger charge is 2.16. The third-order valence-electron chi connectivity index (χ3n) is 3.96. The van der Waals surface area contributed by atoms with Gasteiger partial charge >= 0.3 is 0 Å². The lowest BCUT2D eigenvalue weighted by molar-refractivity contribution is -0.119. The van der Waals surface area contributed by atoms with E-state index in [0.29, 0.717) is 34.1 Å². The molecule has 1 aromatic carbocycles. The monoisotopic (exact) mass is 393 g/mol. The second-order valence-corrected chi connectivity index (χ2v) is 7.59. The molecule has 7 nitrogen and oxygen atoms in total. The number of aromatic nitrogens is 2. The maximum Gasteiger partial charge on any atom is 0.277 e. The van der Waals surface area contributed by atoms with Gasteiger partial charge in [-0.1, -0.05) is 25.6 Å². The van der Waals surface area contributed by atoms with E-state index in [9.17, 15) is 4.79 Å². The van der Waals surface area contributed by atoms with E-state index >= 15 is 0 Å². The lowest BCUT2D eigenvalue weighted by Gasteiger charge is -2.14. The smallest absolute Gasteiger partial charge is 0.277 e. The Bertz CT molecular complexity index is 748. The molecule has 2 rings (SSSR count). The highest BCUT2D eigenvalue weighted by Crippen LogP contribution is 2.33. The minimum Gasteiger partial charge on any atom is -0.497 e. The van der Waals surface area contributed by atoms with Gasteiger partial charge in [0.1, 0.15) is 11.5 Å². The van der Waals surface area contributed by atoms with E-state index < -0.39 is 0 Å². The van der Waals surface area contributed by atoms with Gasteiger partial charge in [-0.15, -0.1) is 10.2 Å². The summed E-state index contributed by atoms with van der Waals surface area (Å²) in [5.74, 6) is 2.40. The molecule has 1 amide bonds. The van der Waals surface area contributed by atoms with Crippen molar-refractivity contribution in [2.24, 2.45) is 5.92 Å². The number of ether oxygens (including phenoxy) is 2. The molecule has 0 aliphatic rings. The molecule has 1 N–H and O–H groups in total. The standard InChI is InChI=1S/C19H27N3O4S/c1-12(2)6-7-13(3)20-17(23)11-27-19-22-21-18(26-19)15-9-8-14(24-4)10-16(15)25-5/h8-10,12-13H,6-7,11H2,1-5H3,(H,20,23). The van der Waals surface area contributed by atoms with Gasteiger partial charge in [0.2, 0.25) is 5.91 Å². The molecule has 1 aromatic heterocycles. The zero-order valence-electron chi connectivity index (χ0n) is 16.4. The number of rotatable bonds is 10. The number of nitrogens with zero attached hydrogens (tertiary/aromatic N) is 2. The highest BCUT2D eigenvalue weighted by molar-refractivity contribution is 7.99. The predicted molar refractivity (Wildman–Crippen MR) is 105 cm³/mol. The number of nitrogens with one attached hydrogen (secondary N) is 1. The van der Waals surface area contributed by atoms with Gasteiger partial charge < -0.3 is 19.2 Å². The zero-order chi connectivity index (χ0) is 19.8. The Balaban J connectivity index is 1.92. The Kier molecular flexibility index (Phi) is 7.97. The molecule has 0 saturated heterocycles. The van der Waals surface area contributed by atoms with E-state index in [-0.39, 0.29) is 17.7 Å². The summed E-state index contributed by atoms with van der Waals surface area (Å²) in [5, 5.41) is 11.4. The van der Waals surface area contributed by atoms with Crippen LogP contribution in [0.4, 0.5) is 0 Å². The predicted octanol–water partition coefficient (Wildman–Crippen LogP) is 3.79. The van der Waals surface area contributed by atoms with Crippen molar-refractivity contribution in [2.75, 3.05) is 20.0 Å². The van der Waals surface area contributed by atoms with Crippen LogP contribution in [0, 0.1) is 5.92 Å². The maximum absolute atomic E-state index is 12.1. The summed E-state index contributed by atoms with van der Waals surface area (Å²) in [5.41, 5.74) is 0.671. The van der Waals surface area contributed by atoms with E-state index in [2.05, 4.69) is 29.4 Å². The molecule has 2 aromatic rings. The average Bonchev–Trinajstić information content (AvgIpc) is 3.13. The van der Waals surface area contributed by atoms with Gasteiger partial charge in [0.25, 0.3) is 11.1 Å². The van der Waals surface area contributed by atoms with Gasteiger partial charge in [-0.05, 0) is 37.8 Å². The number of amides is 1. The third-order valence-corrected chi connectivity index (χ3v) is 4.78. The first-order valence-electron chi connectivity index (χ1n) is 8.91. The first kappa shape index (κ1) is 21.1. The fourth-order valence-electron chi connectivity index (χ4n) is 2.45. The summed E-state index contributed by atoms with van der Waals surface area (Å²) >= 11 is 1.21. The van der Waals surface area contributed by atoms with E-state index in [1.807, 2.05) is 6.92 Å². The number of carbonyl (C=O) groups excluding carboxylic acids is 1. The second kappa shape index (κ2) is 10.2. The van der Waals surface area contributed by atoms with Gasteiger partial charge in [-0.2, -0.15) is 0 Å². The summed E-state index contributed by atoms with van der Waals surface area (Å²) in [6.45, 7) is 6.37. The van der Waals surface area contributed by atoms with Gasteiger partial charge in [-0.3, -0.25) is 4.79 Å². The quantitative estimate of drug-likeness (QED) is 0.615. The van der Waals surface area contributed by atoms with Gasteiger partial charge in [0, 0.05) is 12.1 Å². The van der Waals surface area contributed by atoms with Crippen LogP contribution >= 0.6 is 11.8 Å². The summed E-state index contributed by atoms with van der Waals surface area (Å²) < 4.78 is 16.2. The fourth-order valence-corrected chi connectivity index (χ4v) is 3.03. The first-order valence-corrected chi connectivity index (χ1v) is 9.89. The molecule has 0 spiro atoms. The largest absolute Gasteiger partial charge is 0.497 e. The molecule has 148 valence electrons. The van der Waals surface area contributed by atoms with Crippen LogP contribution in [0.1, 0.15) is 33.6 Å². The summed E-state index contributed by atoms with van der Waals surface area (Å²) in [4.78, 5) is 12.1. The molecule has 0 aliphatic carbocycles. The molecule has 0 bridgehead atoms. The van der Waals surface area contributed by atoms with Crippen LogP contribution in [0.5, 0.6) is 11.5 Å². The van der Waals surface area contributed by atoms with Gasteiger partial charge in [0.05, 0.1) is 25.5 Å². The molecular formula is C19H27N3O4S. The van der Waals surface area contributed by atoms with Crippen molar-refractivity contribution in [1.82, 2.24) is 15.5 Å². The molecule has 0 radical (unpaired) electrons. The van der Waals surface area contributed by atoms with Crippen LogP contribution in [-0.4, -0.2) is 42.1 Å². The summed E-state index contributed by atoms with van der Waals surface area (Å²) in [7, 11) is 3.15. The van der Waals surface area contributed by atoms with Gasteiger partial charge in [-0.25, -0.2) is 0 Å². The molecule has 1 heterocycles. The number of carbonyl (C=O) groups is 1.